The van der Waals surface area contributed by atoms with Crippen LogP contribution in [0, 0.1) is 0 Å². The smallest absolute Gasteiger partial charge is 0.262 e. The summed E-state index contributed by atoms with van der Waals surface area (Å²) in [6.45, 7) is 0. The number of benzene rings is 2. The van der Waals surface area contributed by atoms with E-state index in [1.165, 1.54) is 37.4 Å². The van der Waals surface area contributed by atoms with Gasteiger partial charge in [0, 0.05) is 16.8 Å². The number of anilines is 2. The van der Waals surface area contributed by atoms with Crippen LogP contribution < -0.4 is 14.8 Å². The summed E-state index contributed by atoms with van der Waals surface area (Å²) in [5, 5.41) is 2.96. The molecule has 1 aromatic heterocycles. The van der Waals surface area contributed by atoms with Crippen LogP contribution in [0.15, 0.2) is 71.8 Å². The van der Waals surface area contributed by atoms with E-state index in [4.69, 9.17) is 16.3 Å². The third kappa shape index (κ3) is 4.59. The van der Waals surface area contributed by atoms with Gasteiger partial charge in [0.1, 0.15) is 11.6 Å². The minimum absolute atomic E-state index is 0.0804. The van der Waals surface area contributed by atoms with E-state index in [0.717, 1.165) is 0 Å². The summed E-state index contributed by atoms with van der Waals surface area (Å²) in [5.41, 5.74) is 0.366. The highest BCUT2D eigenvalue weighted by Gasteiger charge is 2.19. The maximum atomic E-state index is 12.8. The normalized spacial score (nSPS) is 10.9. The molecule has 3 aromatic rings. The van der Waals surface area contributed by atoms with Gasteiger partial charge in [-0.3, -0.25) is 9.52 Å². The second kappa shape index (κ2) is 8.28. The molecule has 0 bridgehead atoms. The number of amides is 1. The number of aromatic nitrogens is 1. The van der Waals surface area contributed by atoms with Crippen LogP contribution in [-0.2, 0) is 10.0 Å². The van der Waals surface area contributed by atoms with Gasteiger partial charge in [0.05, 0.1) is 17.7 Å². The van der Waals surface area contributed by atoms with Gasteiger partial charge >= 0.3 is 0 Å². The number of carbonyl (C=O) groups is 1. The summed E-state index contributed by atoms with van der Waals surface area (Å²) < 4.78 is 33.1. The molecule has 0 radical (unpaired) electrons. The molecule has 1 heterocycles. The number of pyridine rings is 1. The van der Waals surface area contributed by atoms with Crippen molar-refractivity contribution in [2.45, 2.75) is 4.90 Å². The molecule has 0 aliphatic carbocycles. The molecule has 0 saturated heterocycles. The Kier molecular flexibility index (Phi) is 5.81. The minimum Gasteiger partial charge on any atom is -0.495 e. The lowest BCUT2D eigenvalue weighted by atomic mass is 10.2. The highest BCUT2D eigenvalue weighted by Crippen LogP contribution is 2.30. The van der Waals surface area contributed by atoms with Crippen molar-refractivity contribution in [3.05, 3.63) is 77.4 Å². The summed E-state index contributed by atoms with van der Waals surface area (Å²) in [6.07, 6.45) is 1.54. The Bertz CT molecular complexity index is 1110. The molecule has 0 unspecified atom stereocenters. The second-order valence-electron chi connectivity index (χ2n) is 5.65. The monoisotopic (exact) mass is 417 g/mol. The first-order chi connectivity index (χ1) is 13.4. The van der Waals surface area contributed by atoms with Crippen LogP contribution in [0.25, 0.3) is 0 Å². The number of sulfonamides is 1. The zero-order valence-corrected chi connectivity index (χ0v) is 16.3. The fourth-order valence-electron chi connectivity index (χ4n) is 2.39. The average Bonchev–Trinajstić information content (AvgIpc) is 2.69. The lowest BCUT2D eigenvalue weighted by molar-refractivity contribution is 0.102. The van der Waals surface area contributed by atoms with Crippen LogP contribution in [-0.4, -0.2) is 26.4 Å². The number of nitrogens with zero attached hydrogens (tertiary/aromatic N) is 1. The zero-order valence-electron chi connectivity index (χ0n) is 14.7. The number of hydrogen-bond donors (Lipinski definition) is 2. The van der Waals surface area contributed by atoms with Gasteiger partial charge in [0.2, 0.25) is 0 Å². The van der Waals surface area contributed by atoms with Crippen molar-refractivity contribution in [3.8, 4) is 5.75 Å². The summed E-state index contributed by atoms with van der Waals surface area (Å²) in [4.78, 5) is 16.3. The quantitative estimate of drug-likeness (QED) is 0.635. The third-order valence-corrected chi connectivity index (χ3v) is 5.32. The molecular weight excluding hydrogens is 402 g/mol. The first-order valence-corrected chi connectivity index (χ1v) is 9.94. The number of ether oxygens (including phenoxy) is 1. The van der Waals surface area contributed by atoms with E-state index in [0.29, 0.717) is 16.6 Å². The van der Waals surface area contributed by atoms with E-state index in [1.54, 1.807) is 36.5 Å². The molecule has 0 spiro atoms. The molecule has 0 fully saturated rings. The van der Waals surface area contributed by atoms with Crippen molar-refractivity contribution in [1.82, 2.24) is 4.98 Å². The van der Waals surface area contributed by atoms with Gasteiger partial charge in [-0.25, -0.2) is 13.4 Å². The van der Waals surface area contributed by atoms with Crippen LogP contribution in [0.3, 0.4) is 0 Å². The standard InChI is InChI=1S/C19H16ClN3O4S/c1-27-17-9-8-14(20)12-16(17)23-28(25,26)15-6-4-5-13(11-15)19(24)22-18-7-2-3-10-21-18/h2-12,23H,1H3,(H,21,22,24). The number of nitrogens with one attached hydrogen (secondary N) is 2. The highest BCUT2D eigenvalue weighted by atomic mass is 35.5. The lowest BCUT2D eigenvalue weighted by Crippen LogP contribution is -2.16. The van der Waals surface area contributed by atoms with E-state index in [9.17, 15) is 13.2 Å². The summed E-state index contributed by atoms with van der Waals surface area (Å²) in [6, 6.07) is 15.3. The third-order valence-electron chi connectivity index (χ3n) is 3.72. The van der Waals surface area contributed by atoms with Crippen molar-refractivity contribution in [3.63, 3.8) is 0 Å². The van der Waals surface area contributed by atoms with Crippen LogP contribution in [0.2, 0.25) is 5.02 Å². The van der Waals surface area contributed by atoms with Crippen molar-refractivity contribution in [2.24, 2.45) is 0 Å². The Morgan fingerprint density at radius 3 is 2.61 bits per heavy atom. The fourth-order valence-corrected chi connectivity index (χ4v) is 3.67. The first-order valence-electron chi connectivity index (χ1n) is 8.08. The number of hydrogen-bond acceptors (Lipinski definition) is 5. The SMILES string of the molecule is COc1ccc(Cl)cc1NS(=O)(=O)c1cccc(C(=O)Nc2ccccn2)c1. The fraction of sp³-hybridized carbons (Fsp3) is 0.0526. The maximum absolute atomic E-state index is 12.8. The van der Waals surface area contributed by atoms with Crippen molar-refractivity contribution < 1.29 is 17.9 Å². The number of rotatable bonds is 6. The molecule has 0 aliphatic heterocycles. The molecule has 0 aliphatic rings. The molecule has 2 N–H and O–H groups in total. The van der Waals surface area contributed by atoms with Gasteiger partial charge in [0.25, 0.3) is 15.9 Å². The Hall–Kier alpha value is -3.10. The maximum Gasteiger partial charge on any atom is 0.262 e. The molecule has 2 aromatic carbocycles. The molecule has 0 atom stereocenters. The van der Waals surface area contributed by atoms with E-state index in [-0.39, 0.29) is 16.1 Å². The minimum atomic E-state index is -3.98. The summed E-state index contributed by atoms with van der Waals surface area (Å²) in [5.74, 6) is 0.204. The molecule has 0 saturated carbocycles. The molecule has 9 heteroatoms. The second-order valence-corrected chi connectivity index (χ2v) is 7.77. The van der Waals surface area contributed by atoms with Crippen LogP contribution in [0.1, 0.15) is 10.4 Å². The Balaban J connectivity index is 1.86. The van der Waals surface area contributed by atoms with Gasteiger partial charge in [-0.15, -0.1) is 0 Å². The Morgan fingerprint density at radius 1 is 1.07 bits per heavy atom. The van der Waals surface area contributed by atoms with E-state index in [2.05, 4.69) is 15.0 Å². The summed E-state index contributed by atoms with van der Waals surface area (Å²) in [7, 11) is -2.56. The van der Waals surface area contributed by atoms with Crippen LogP contribution >= 0.6 is 11.6 Å². The van der Waals surface area contributed by atoms with Crippen molar-refractivity contribution >= 4 is 39.0 Å². The number of carbonyl (C=O) groups excluding carboxylic acids is 1. The molecule has 3 rings (SSSR count). The molecule has 7 nitrogen and oxygen atoms in total. The number of methoxy groups -OCH3 is 1. The molecule has 1 amide bonds. The summed E-state index contributed by atoms with van der Waals surface area (Å²) >= 11 is 5.94. The van der Waals surface area contributed by atoms with Gasteiger partial charge in [-0.1, -0.05) is 23.7 Å². The van der Waals surface area contributed by atoms with Gasteiger partial charge in [-0.05, 0) is 48.5 Å². The molecule has 144 valence electrons. The van der Waals surface area contributed by atoms with E-state index in [1.807, 2.05) is 0 Å². The number of halogens is 1. The topological polar surface area (TPSA) is 97.4 Å². The first kappa shape index (κ1) is 19.7. The lowest BCUT2D eigenvalue weighted by Gasteiger charge is -2.13. The van der Waals surface area contributed by atoms with Gasteiger partial charge in [-0.2, -0.15) is 0 Å². The van der Waals surface area contributed by atoms with Gasteiger partial charge < -0.3 is 10.1 Å². The molecule has 28 heavy (non-hydrogen) atoms. The Labute approximate surface area is 167 Å². The molecular formula is C19H16ClN3O4S. The van der Waals surface area contributed by atoms with Crippen LogP contribution in [0.5, 0.6) is 5.75 Å². The predicted molar refractivity (Wildman–Crippen MR) is 107 cm³/mol. The van der Waals surface area contributed by atoms with Gasteiger partial charge in [0.15, 0.2) is 0 Å². The zero-order chi connectivity index (χ0) is 20.1. The predicted octanol–water partition coefficient (Wildman–Crippen LogP) is 3.80. The largest absolute Gasteiger partial charge is 0.495 e. The van der Waals surface area contributed by atoms with Crippen molar-refractivity contribution in [2.75, 3.05) is 17.1 Å². The van der Waals surface area contributed by atoms with E-state index >= 15 is 0 Å². The average molecular weight is 418 g/mol. The van der Waals surface area contributed by atoms with E-state index < -0.39 is 15.9 Å². The van der Waals surface area contributed by atoms with Crippen molar-refractivity contribution in [1.29, 1.82) is 0 Å². The van der Waals surface area contributed by atoms with Crippen LogP contribution in [0.4, 0.5) is 11.5 Å². The highest BCUT2D eigenvalue weighted by molar-refractivity contribution is 7.92. The Morgan fingerprint density at radius 2 is 1.89 bits per heavy atom.